The lowest BCUT2D eigenvalue weighted by molar-refractivity contribution is 0.483. The molecule has 1 N–H and O–H groups in total. The summed E-state index contributed by atoms with van der Waals surface area (Å²) in [5.74, 6) is 0. The lowest BCUT2D eigenvalue weighted by atomic mass is 9.97. The Morgan fingerprint density at radius 2 is 1.50 bits per heavy atom. The molecule has 18 heavy (non-hydrogen) atoms. The van der Waals surface area contributed by atoms with Crippen molar-refractivity contribution in [3.63, 3.8) is 0 Å². The summed E-state index contributed by atoms with van der Waals surface area (Å²) < 4.78 is 32.0. The summed E-state index contributed by atoms with van der Waals surface area (Å²) in [6, 6.07) is 12.2. The third kappa shape index (κ3) is 2.30. The van der Waals surface area contributed by atoms with Crippen LogP contribution in [-0.4, -0.2) is 13.0 Å². The molecule has 0 saturated carbocycles. The van der Waals surface area contributed by atoms with Crippen molar-refractivity contribution < 1.29 is 13.0 Å². The molecule has 0 atom stereocenters. The lowest BCUT2D eigenvalue weighted by Crippen LogP contribution is -2.01. The van der Waals surface area contributed by atoms with Crippen molar-refractivity contribution in [2.75, 3.05) is 0 Å². The minimum Gasteiger partial charge on any atom is -0.282 e. The first kappa shape index (κ1) is 12.8. The molecule has 0 bridgehead atoms. The molecule has 0 unspecified atom stereocenters. The summed E-state index contributed by atoms with van der Waals surface area (Å²) in [7, 11) is -4.21. The molecule has 2 aromatic carbocycles. The van der Waals surface area contributed by atoms with Gasteiger partial charge in [0.2, 0.25) is 0 Å². The highest BCUT2D eigenvalue weighted by Gasteiger charge is 2.17. The van der Waals surface area contributed by atoms with Gasteiger partial charge in [-0.15, -0.1) is 0 Å². The normalized spacial score (nSPS) is 11.5. The molecule has 0 fully saturated rings. The Labute approximate surface area is 107 Å². The van der Waals surface area contributed by atoms with Crippen LogP contribution in [0.15, 0.2) is 47.4 Å². The van der Waals surface area contributed by atoms with E-state index in [4.69, 9.17) is 0 Å². The van der Waals surface area contributed by atoms with Crippen molar-refractivity contribution in [2.24, 2.45) is 0 Å². The van der Waals surface area contributed by atoms with E-state index in [0.717, 1.165) is 16.7 Å². The molecule has 0 aliphatic heterocycles. The van der Waals surface area contributed by atoms with Crippen molar-refractivity contribution in [1.29, 1.82) is 0 Å². The van der Waals surface area contributed by atoms with Gasteiger partial charge in [0.25, 0.3) is 10.1 Å². The second-order valence-electron chi connectivity index (χ2n) is 4.22. The second kappa shape index (κ2) is 4.55. The van der Waals surface area contributed by atoms with Crippen LogP contribution in [-0.2, 0) is 10.1 Å². The van der Waals surface area contributed by atoms with Crippen molar-refractivity contribution in [3.8, 4) is 11.1 Å². The Kier molecular flexibility index (Phi) is 3.24. The predicted molar refractivity (Wildman–Crippen MR) is 71.2 cm³/mol. The Hall–Kier alpha value is -1.65. The number of aryl methyl sites for hydroxylation is 1. The summed E-state index contributed by atoms with van der Waals surface area (Å²) in [5.41, 5.74) is 3.44. The molecule has 0 radical (unpaired) electrons. The van der Waals surface area contributed by atoms with E-state index in [-0.39, 0.29) is 4.90 Å². The molecule has 2 aromatic rings. The van der Waals surface area contributed by atoms with Crippen molar-refractivity contribution in [2.45, 2.75) is 18.7 Å². The molecule has 0 saturated heterocycles. The van der Waals surface area contributed by atoms with Crippen LogP contribution in [0.25, 0.3) is 11.1 Å². The lowest BCUT2D eigenvalue weighted by Gasteiger charge is -2.11. The Morgan fingerprint density at radius 3 is 2.17 bits per heavy atom. The smallest absolute Gasteiger partial charge is 0.282 e. The summed E-state index contributed by atoms with van der Waals surface area (Å²) in [5, 5.41) is 0. The van der Waals surface area contributed by atoms with Gasteiger partial charge in [0.1, 0.15) is 4.90 Å². The molecule has 2 rings (SSSR count). The van der Waals surface area contributed by atoms with Gasteiger partial charge in [-0.25, -0.2) is 0 Å². The SMILES string of the molecule is Cc1cccc(-c2ccccc2S(=O)(=O)O)c1C. The van der Waals surface area contributed by atoms with Crippen LogP contribution >= 0.6 is 0 Å². The van der Waals surface area contributed by atoms with Gasteiger partial charge in [-0.3, -0.25) is 4.55 Å². The van der Waals surface area contributed by atoms with E-state index in [1.807, 2.05) is 32.0 Å². The van der Waals surface area contributed by atoms with E-state index in [0.29, 0.717) is 5.56 Å². The molecule has 0 aliphatic carbocycles. The van der Waals surface area contributed by atoms with E-state index in [1.165, 1.54) is 6.07 Å². The standard InChI is InChI=1S/C14H14O3S/c1-10-6-5-8-12(11(10)2)13-7-3-4-9-14(13)18(15,16)17/h3-9H,1-2H3,(H,15,16,17). The summed E-state index contributed by atoms with van der Waals surface area (Å²) in [6.45, 7) is 3.90. The van der Waals surface area contributed by atoms with Crippen LogP contribution in [0.4, 0.5) is 0 Å². The van der Waals surface area contributed by atoms with Crippen molar-refractivity contribution >= 4 is 10.1 Å². The van der Waals surface area contributed by atoms with Gasteiger partial charge in [-0.1, -0.05) is 36.4 Å². The van der Waals surface area contributed by atoms with Crippen molar-refractivity contribution in [3.05, 3.63) is 53.6 Å². The maximum atomic E-state index is 11.4. The number of hydrogen-bond acceptors (Lipinski definition) is 2. The predicted octanol–water partition coefficient (Wildman–Crippen LogP) is 3.22. The molecule has 0 amide bonds. The van der Waals surface area contributed by atoms with Crippen LogP contribution in [0.3, 0.4) is 0 Å². The Morgan fingerprint density at radius 1 is 0.889 bits per heavy atom. The minimum absolute atomic E-state index is 0.0568. The fourth-order valence-electron chi connectivity index (χ4n) is 1.96. The molecule has 94 valence electrons. The van der Waals surface area contributed by atoms with E-state index >= 15 is 0 Å². The van der Waals surface area contributed by atoms with Gasteiger partial charge in [0, 0.05) is 5.56 Å². The first-order valence-electron chi connectivity index (χ1n) is 5.54. The molecule has 3 nitrogen and oxygen atoms in total. The Balaban J connectivity index is 2.77. The summed E-state index contributed by atoms with van der Waals surface area (Å²) >= 11 is 0. The van der Waals surface area contributed by atoms with Crippen LogP contribution in [0, 0.1) is 13.8 Å². The largest absolute Gasteiger partial charge is 0.295 e. The third-order valence-electron chi connectivity index (χ3n) is 3.06. The van der Waals surface area contributed by atoms with Gasteiger partial charge in [-0.2, -0.15) is 8.42 Å². The minimum atomic E-state index is -4.21. The topological polar surface area (TPSA) is 54.4 Å². The van der Waals surface area contributed by atoms with Crippen LogP contribution in [0.5, 0.6) is 0 Å². The van der Waals surface area contributed by atoms with Gasteiger partial charge in [0.15, 0.2) is 0 Å². The number of rotatable bonds is 2. The monoisotopic (exact) mass is 262 g/mol. The molecule has 0 aliphatic rings. The van der Waals surface area contributed by atoms with Crippen LogP contribution in [0.2, 0.25) is 0 Å². The number of benzene rings is 2. The zero-order chi connectivity index (χ0) is 13.3. The fraction of sp³-hybridized carbons (Fsp3) is 0.143. The molecule has 4 heteroatoms. The van der Waals surface area contributed by atoms with Gasteiger partial charge < -0.3 is 0 Å². The average Bonchev–Trinajstić information content (AvgIpc) is 2.32. The van der Waals surface area contributed by atoms with E-state index in [2.05, 4.69) is 0 Å². The van der Waals surface area contributed by atoms with Gasteiger partial charge in [0.05, 0.1) is 0 Å². The van der Waals surface area contributed by atoms with Gasteiger partial charge >= 0.3 is 0 Å². The van der Waals surface area contributed by atoms with E-state index < -0.39 is 10.1 Å². The first-order valence-corrected chi connectivity index (χ1v) is 6.98. The molecule has 0 heterocycles. The maximum absolute atomic E-state index is 11.4. The number of hydrogen-bond donors (Lipinski definition) is 1. The maximum Gasteiger partial charge on any atom is 0.295 e. The average molecular weight is 262 g/mol. The van der Waals surface area contributed by atoms with Gasteiger partial charge in [-0.05, 0) is 36.6 Å². The van der Waals surface area contributed by atoms with Crippen LogP contribution < -0.4 is 0 Å². The van der Waals surface area contributed by atoms with E-state index in [1.54, 1.807) is 18.2 Å². The highest BCUT2D eigenvalue weighted by Crippen LogP contribution is 2.30. The quantitative estimate of drug-likeness (QED) is 0.845. The van der Waals surface area contributed by atoms with Crippen LogP contribution in [0.1, 0.15) is 11.1 Å². The second-order valence-corrected chi connectivity index (χ2v) is 5.61. The highest BCUT2D eigenvalue weighted by molar-refractivity contribution is 7.86. The zero-order valence-corrected chi connectivity index (χ0v) is 11.0. The Bertz CT molecular complexity index is 688. The molecule has 0 aromatic heterocycles. The molecular formula is C14H14O3S. The molecule has 0 spiro atoms. The molecular weight excluding hydrogens is 248 g/mol. The van der Waals surface area contributed by atoms with E-state index in [9.17, 15) is 13.0 Å². The summed E-state index contributed by atoms with van der Waals surface area (Å²) in [4.78, 5) is -0.0568. The first-order chi connectivity index (χ1) is 8.41. The third-order valence-corrected chi connectivity index (χ3v) is 3.97. The summed E-state index contributed by atoms with van der Waals surface area (Å²) in [6.07, 6.45) is 0. The fourth-order valence-corrected chi connectivity index (χ4v) is 2.66. The van der Waals surface area contributed by atoms with Crippen molar-refractivity contribution in [1.82, 2.24) is 0 Å². The zero-order valence-electron chi connectivity index (χ0n) is 10.2. The highest BCUT2D eigenvalue weighted by atomic mass is 32.2.